The molecule has 2 aromatic rings. The topological polar surface area (TPSA) is 81.4 Å². The minimum absolute atomic E-state index is 0.179. The van der Waals surface area contributed by atoms with Crippen molar-refractivity contribution in [3.63, 3.8) is 0 Å². The van der Waals surface area contributed by atoms with Crippen LogP contribution in [0.1, 0.15) is 34.3 Å². The molecule has 0 saturated heterocycles. The molecule has 0 heterocycles. The van der Waals surface area contributed by atoms with Gasteiger partial charge in [0.15, 0.2) is 6.61 Å². The van der Waals surface area contributed by atoms with E-state index in [0.29, 0.717) is 12.2 Å². The van der Waals surface area contributed by atoms with Crippen molar-refractivity contribution in [1.29, 1.82) is 0 Å². The maximum atomic E-state index is 12.0. The molecule has 2 aromatic carbocycles. The highest BCUT2D eigenvalue weighted by Crippen LogP contribution is 2.17. The molecule has 126 valence electrons. The lowest BCUT2D eigenvalue weighted by atomic mass is 10.0. The van der Waals surface area contributed by atoms with E-state index in [2.05, 4.69) is 5.32 Å². The molecule has 0 aromatic heterocycles. The Morgan fingerprint density at radius 2 is 1.83 bits per heavy atom. The van der Waals surface area contributed by atoms with E-state index in [1.54, 1.807) is 12.1 Å². The van der Waals surface area contributed by atoms with Crippen molar-refractivity contribution in [3.05, 3.63) is 65.2 Å². The van der Waals surface area contributed by atoms with Crippen molar-refractivity contribution in [2.24, 2.45) is 0 Å². The van der Waals surface area contributed by atoms with Gasteiger partial charge in [-0.3, -0.25) is 4.79 Å². The number of esters is 1. The van der Waals surface area contributed by atoms with E-state index >= 15 is 0 Å². The fourth-order valence-corrected chi connectivity index (χ4v) is 2.28. The van der Waals surface area contributed by atoms with Crippen LogP contribution in [-0.4, -0.2) is 25.0 Å². The molecule has 5 heteroatoms. The summed E-state index contributed by atoms with van der Waals surface area (Å²) in [4.78, 5) is 23.8. The van der Waals surface area contributed by atoms with Gasteiger partial charge in [0.25, 0.3) is 5.91 Å². The highest BCUT2D eigenvalue weighted by atomic mass is 16.5. The number of benzene rings is 2. The Bertz CT molecular complexity index is 714. The fraction of sp³-hybridized carbons (Fsp3) is 0.263. The van der Waals surface area contributed by atoms with Crippen LogP contribution in [0.3, 0.4) is 0 Å². The molecule has 0 saturated carbocycles. The van der Waals surface area contributed by atoms with Gasteiger partial charge in [-0.2, -0.15) is 0 Å². The van der Waals surface area contributed by atoms with Crippen molar-refractivity contribution in [2.75, 3.05) is 18.9 Å². The Morgan fingerprint density at radius 1 is 1.12 bits per heavy atom. The van der Waals surface area contributed by atoms with Crippen molar-refractivity contribution < 1.29 is 14.3 Å². The summed E-state index contributed by atoms with van der Waals surface area (Å²) in [6.07, 6.45) is 0. The summed E-state index contributed by atoms with van der Waals surface area (Å²) in [5.41, 5.74) is 8.44. The third-order valence-corrected chi connectivity index (χ3v) is 3.85. The second kappa shape index (κ2) is 8.15. The number of rotatable bonds is 6. The number of para-hydroxylation sites is 1. The molecule has 24 heavy (non-hydrogen) atoms. The molecule has 0 unspecified atom stereocenters. The third kappa shape index (κ3) is 4.59. The van der Waals surface area contributed by atoms with Gasteiger partial charge in [-0.15, -0.1) is 0 Å². The Balaban J connectivity index is 1.81. The number of ether oxygens (including phenoxy) is 1. The average Bonchev–Trinajstić information content (AvgIpc) is 2.60. The third-order valence-electron chi connectivity index (χ3n) is 3.85. The number of hydrogen-bond donors (Lipinski definition) is 2. The molecule has 0 radical (unpaired) electrons. The van der Waals surface area contributed by atoms with Gasteiger partial charge >= 0.3 is 5.97 Å². The first kappa shape index (κ1) is 17.5. The van der Waals surface area contributed by atoms with Crippen LogP contribution >= 0.6 is 0 Å². The molecular weight excluding hydrogens is 304 g/mol. The molecular formula is C19H22N2O3. The van der Waals surface area contributed by atoms with Crippen LogP contribution < -0.4 is 11.1 Å². The van der Waals surface area contributed by atoms with Crippen molar-refractivity contribution in [1.82, 2.24) is 5.32 Å². The number of hydrogen-bond acceptors (Lipinski definition) is 4. The number of carbonyl (C=O) groups is 2. The normalized spacial score (nSPS) is 11.6. The first-order valence-corrected chi connectivity index (χ1v) is 7.83. The average molecular weight is 326 g/mol. The van der Waals surface area contributed by atoms with Crippen LogP contribution in [0.15, 0.2) is 48.5 Å². The molecule has 0 bridgehead atoms. The second-order valence-electron chi connectivity index (χ2n) is 5.73. The first-order valence-electron chi connectivity index (χ1n) is 7.83. The monoisotopic (exact) mass is 326 g/mol. The molecule has 1 amide bonds. The number of nitrogens with one attached hydrogen (secondary N) is 1. The van der Waals surface area contributed by atoms with Crippen LogP contribution in [0.2, 0.25) is 0 Å². The lowest BCUT2D eigenvalue weighted by Crippen LogP contribution is -2.31. The van der Waals surface area contributed by atoms with Gasteiger partial charge < -0.3 is 15.8 Å². The summed E-state index contributed by atoms with van der Waals surface area (Å²) >= 11 is 0. The van der Waals surface area contributed by atoms with Gasteiger partial charge in [0.2, 0.25) is 0 Å². The summed E-state index contributed by atoms with van der Waals surface area (Å²) in [5, 5.41) is 2.77. The lowest BCUT2D eigenvalue weighted by molar-refractivity contribution is -0.124. The summed E-state index contributed by atoms with van der Waals surface area (Å²) in [6.45, 7) is 3.99. The summed E-state index contributed by atoms with van der Waals surface area (Å²) in [6, 6.07) is 15.0. The van der Waals surface area contributed by atoms with Crippen LogP contribution in [0, 0.1) is 6.92 Å². The van der Waals surface area contributed by atoms with Crippen LogP contribution in [0.25, 0.3) is 0 Å². The van der Waals surface area contributed by atoms with Gasteiger partial charge in [-0.1, -0.05) is 49.4 Å². The number of aryl methyl sites for hydroxylation is 1. The molecule has 0 spiro atoms. The van der Waals surface area contributed by atoms with E-state index in [1.165, 1.54) is 0 Å². The number of nitrogens with two attached hydrogens (primary N) is 1. The number of carbonyl (C=O) groups excluding carboxylic acids is 2. The highest BCUT2D eigenvalue weighted by Gasteiger charge is 2.14. The van der Waals surface area contributed by atoms with E-state index in [-0.39, 0.29) is 24.0 Å². The van der Waals surface area contributed by atoms with E-state index in [9.17, 15) is 9.59 Å². The Morgan fingerprint density at radius 3 is 2.54 bits per heavy atom. The van der Waals surface area contributed by atoms with Gasteiger partial charge in [0.05, 0.1) is 5.56 Å². The second-order valence-corrected chi connectivity index (χ2v) is 5.73. The maximum Gasteiger partial charge on any atom is 0.340 e. The lowest BCUT2D eigenvalue weighted by Gasteiger charge is -2.13. The minimum atomic E-state index is -0.595. The van der Waals surface area contributed by atoms with Gasteiger partial charge in [0.1, 0.15) is 0 Å². The molecule has 2 rings (SSSR count). The van der Waals surface area contributed by atoms with Crippen molar-refractivity contribution in [3.8, 4) is 0 Å². The van der Waals surface area contributed by atoms with Gasteiger partial charge in [-0.25, -0.2) is 4.79 Å². The van der Waals surface area contributed by atoms with E-state index in [1.807, 2.05) is 50.2 Å². The van der Waals surface area contributed by atoms with Gasteiger partial charge in [0, 0.05) is 12.2 Å². The Labute approximate surface area is 141 Å². The molecule has 1 atom stereocenters. The molecule has 5 nitrogen and oxygen atoms in total. The smallest absolute Gasteiger partial charge is 0.340 e. The number of amides is 1. The van der Waals surface area contributed by atoms with Crippen LogP contribution in [0.4, 0.5) is 5.69 Å². The number of anilines is 1. The first-order chi connectivity index (χ1) is 11.5. The minimum Gasteiger partial charge on any atom is -0.452 e. The SMILES string of the molecule is Cc1cccc(C(=O)OCC(=O)NC[C@@H](C)c2ccccc2)c1N. The number of nitrogen functional groups attached to an aromatic ring is 1. The van der Waals surface area contributed by atoms with E-state index in [0.717, 1.165) is 11.1 Å². The largest absolute Gasteiger partial charge is 0.452 e. The maximum absolute atomic E-state index is 12.0. The van der Waals surface area contributed by atoms with Crippen LogP contribution in [0.5, 0.6) is 0 Å². The highest BCUT2D eigenvalue weighted by molar-refractivity contribution is 5.96. The molecule has 0 aliphatic rings. The van der Waals surface area contributed by atoms with Crippen molar-refractivity contribution >= 4 is 17.6 Å². The zero-order valence-corrected chi connectivity index (χ0v) is 13.9. The quantitative estimate of drug-likeness (QED) is 0.631. The summed E-state index contributed by atoms with van der Waals surface area (Å²) in [5.74, 6) is -0.752. The summed E-state index contributed by atoms with van der Waals surface area (Å²) in [7, 11) is 0. The van der Waals surface area contributed by atoms with Crippen molar-refractivity contribution in [2.45, 2.75) is 19.8 Å². The van der Waals surface area contributed by atoms with E-state index < -0.39 is 5.97 Å². The zero-order valence-electron chi connectivity index (χ0n) is 13.9. The van der Waals surface area contributed by atoms with E-state index in [4.69, 9.17) is 10.5 Å². The Kier molecular flexibility index (Phi) is 5.95. The van der Waals surface area contributed by atoms with Crippen LogP contribution in [-0.2, 0) is 9.53 Å². The molecule has 0 aliphatic heterocycles. The molecule has 3 N–H and O–H groups in total. The standard InChI is InChI=1S/C19H22N2O3/c1-13-7-6-10-16(18(13)20)19(23)24-12-17(22)21-11-14(2)15-8-4-3-5-9-15/h3-10,14H,11-12,20H2,1-2H3,(H,21,22)/t14-/m1/s1. The fourth-order valence-electron chi connectivity index (χ4n) is 2.28. The predicted octanol–water partition coefficient (Wildman–Crippen LogP) is 2.65. The predicted molar refractivity (Wildman–Crippen MR) is 93.7 cm³/mol. The zero-order chi connectivity index (χ0) is 17.5. The Hall–Kier alpha value is -2.82. The van der Waals surface area contributed by atoms with Gasteiger partial charge in [-0.05, 0) is 30.0 Å². The molecule has 0 fully saturated rings. The summed E-state index contributed by atoms with van der Waals surface area (Å²) < 4.78 is 5.03. The molecule has 0 aliphatic carbocycles.